The molecule has 0 aliphatic rings. The molecule has 0 fully saturated rings. The van der Waals surface area contributed by atoms with Gasteiger partial charge in [0.15, 0.2) is 0 Å². The monoisotopic (exact) mass is 180 g/mol. The summed E-state index contributed by atoms with van der Waals surface area (Å²) >= 11 is 0. The molecule has 0 saturated carbocycles. The summed E-state index contributed by atoms with van der Waals surface area (Å²) in [6.45, 7) is 3.12. The molecular formula is C4H7Na2O3P. The number of rotatable bonds is 1. The van der Waals surface area contributed by atoms with Crippen LogP contribution < -0.4 is 68.9 Å². The molecule has 0 heterocycles. The zero-order valence-corrected chi connectivity index (χ0v) is 11.6. The predicted octanol–water partition coefficient (Wildman–Crippen LogP) is -6.17. The Bertz CT molecular complexity index is 147. The zero-order valence-electron chi connectivity index (χ0n) is 6.75. The molecule has 10 heavy (non-hydrogen) atoms. The molecule has 0 rings (SSSR count). The van der Waals surface area contributed by atoms with Crippen molar-refractivity contribution in [1.29, 1.82) is 0 Å². The Morgan fingerprint density at radius 3 is 1.60 bits per heavy atom. The summed E-state index contributed by atoms with van der Waals surface area (Å²) in [6.07, 6.45) is 0. The minimum absolute atomic E-state index is 0. The van der Waals surface area contributed by atoms with Gasteiger partial charge in [-0.2, -0.15) is 0 Å². The largest absolute Gasteiger partial charge is 1.00 e. The minimum atomic E-state index is -4.38. The topological polar surface area (TPSA) is 63.2 Å². The Labute approximate surface area is 105 Å². The second kappa shape index (κ2) is 7.53. The van der Waals surface area contributed by atoms with Gasteiger partial charge in [-0.25, -0.2) is 0 Å². The van der Waals surface area contributed by atoms with Gasteiger partial charge in [0.25, 0.3) is 0 Å². The maximum atomic E-state index is 9.84. The van der Waals surface area contributed by atoms with Crippen LogP contribution in [0.2, 0.25) is 0 Å². The number of allylic oxidation sites excluding steroid dienone is 1. The van der Waals surface area contributed by atoms with Crippen molar-refractivity contribution in [1.82, 2.24) is 0 Å². The van der Waals surface area contributed by atoms with E-state index in [1.807, 2.05) is 0 Å². The van der Waals surface area contributed by atoms with E-state index in [4.69, 9.17) is 0 Å². The van der Waals surface area contributed by atoms with Crippen LogP contribution in [0.4, 0.5) is 0 Å². The molecule has 0 bridgehead atoms. The van der Waals surface area contributed by atoms with E-state index in [-0.39, 0.29) is 59.1 Å². The van der Waals surface area contributed by atoms with Crippen molar-refractivity contribution in [3.05, 3.63) is 11.4 Å². The van der Waals surface area contributed by atoms with Crippen molar-refractivity contribution in [3.8, 4) is 0 Å². The first kappa shape index (κ1) is 17.8. The van der Waals surface area contributed by atoms with Crippen LogP contribution in [0.3, 0.4) is 0 Å². The molecule has 0 saturated heterocycles. The van der Waals surface area contributed by atoms with Gasteiger partial charge in [-0.1, -0.05) is 11.4 Å². The third-order valence-corrected chi connectivity index (χ3v) is 1.25. The summed E-state index contributed by atoms with van der Waals surface area (Å²) in [5, 5.41) is 0. The van der Waals surface area contributed by atoms with Crippen molar-refractivity contribution in [3.63, 3.8) is 0 Å². The first-order valence-electron chi connectivity index (χ1n) is 2.09. The van der Waals surface area contributed by atoms with Gasteiger partial charge >= 0.3 is 59.1 Å². The fourth-order valence-corrected chi connectivity index (χ4v) is 0.949. The fraction of sp³-hybridized carbons (Fsp3) is 0.500. The van der Waals surface area contributed by atoms with Gasteiger partial charge in [0, 0.05) is 0 Å². The molecule has 48 valence electrons. The fourth-order valence-electron chi connectivity index (χ4n) is 0.316. The summed E-state index contributed by atoms with van der Waals surface area (Å²) < 4.78 is 9.84. The minimum Gasteiger partial charge on any atom is -0.808 e. The molecule has 0 unspecified atom stereocenters. The van der Waals surface area contributed by atoms with E-state index in [9.17, 15) is 14.4 Å². The third kappa shape index (κ3) is 16.5. The molecule has 0 aromatic heterocycles. The van der Waals surface area contributed by atoms with E-state index in [1.54, 1.807) is 13.8 Å². The van der Waals surface area contributed by atoms with E-state index in [0.29, 0.717) is 11.4 Å². The van der Waals surface area contributed by atoms with Gasteiger partial charge in [0.2, 0.25) is 0 Å². The number of hydrogen-bond donors (Lipinski definition) is 0. The van der Waals surface area contributed by atoms with Crippen LogP contribution in [-0.2, 0) is 4.57 Å². The first-order chi connectivity index (χ1) is 3.42. The summed E-state index contributed by atoms with van der Waals surface area (Å²) in [7, 11) is -4.38. The SMILES string of the molecule is CC(C)=CP(=O)([O-])[O-].[Na+].[Na+]. The molecule has 0 radical (unpaired) electrons. The molecule has 0 aliphatic heterocycles. The molecule has 0 amide bonds. The van der Waals surface area contributed by atoms with E-state index in [0.717, 1.165) is 0 Å². The van der Waals surface area contributed by atoms with Crippen LogP contribution in [0.1, 0.15) is 13.8 Å². The van der Waals surface area contributed by atoms with Crippen LogP contribution in [0.5, 0.6) is 0 Å². The van der Waals surface area contributed by atoms with Gasteiger partial charge in [-0.15, -0.1) is 0 Å². The molecule has 6 heteroatoms. The molecular weight excluding hydrogens is 173 g/mol. The zero-order chi connectivity index (χ0) is 6.78. The van der Waals surface area contributed by atoms with Crippen LogP contribution >= 0.6 is 7.60 Å². The van der Waals surface area contributed by atoms with Crippen molar-refractivity contribution < 1.29 is 73.5 Å². The van der Waals surface area contributed by atoms with Gasteiger partial charge in [-0.3, -0.25) is 0 Å². The van der Waals surface area contributed by atoms with Gasteiger partial charge < -0.3 is 14.4 Å². The standard InChI is InChI=1S/C4H9O3P.2Na/c1-4(2)3-8(5,6)7;;/h3H,1-2H3,(H2,5,6,7);;/q;2*+1/p-2. The third-order valence-electron chi connectivity index (χ3n) is 0.416. The average molecular weight is 180 g/mol. The Balaban J connectivity index is -0.000000245. The van der Waals surface area contributed by atoms with E-state index in [2.05, 4.69) is 0 Å². The molecule has 0 aromatic rings. The van der Waals surface area contributed by atoms with Crippen molar-refractivity contribution >= 4 is 7.60 Å². The quantitative estimate of drug-likeness (QED) is 0.298. The Morgan fingerprint density at radius 1 is 1.30 bits per heavy atom. The maximum absolute atomic E-state index is 9.84. The summed E-state index contributed by atoms with van der Waals surface area (Å²) in [4.78, 5) is 19.7. The van der Waals surface area contributed by atoms with Gasteiger partial charge in [0.1, 0.15) is 0 Å². The normalized spacial score (nSPS) is 8.80. The molecule has 0 aromatic carbocycles. The van der Waals surface area contributed by atoms with Crippen molar-refractivity contribution in [2.75, 3.05) is 0 Å². The summed E-state index contributed by atoms with van der Waals surface area (Å²) in [5.74, 6) is 0.715. The molecule has 0 atom stereocenters. The van der Waals surface area contributed by atoms with Crippen LogP contribution in [-0.4, -0.2) is 0 Å². The van der Waals surface area contributed by atoms with Crippen molar-refractivity contribution in [2.24, 2.45) is 0 Å². The van der Waals surface area contributed by atoms with Crippen molar-refractivity contribution in [2.45, 2.75) is 13.8 Å². The first-order valence-corrected chi connectivity index (χ1v) is 3.71. The van der Waals surface area contributed by atoms with Crippen LogP contribution in [0, 0.1) is 0 Å². The molecule has 0 aliphatic carbocycles. The molecule has 0 N–H and O–H groups in total. The van der Waals surface area contributed by atoms with E-state index >= 15 is 0 Å². The summed E-state index contributed by atoms with van der Waals surface area (Å²) in [6, 6.07) is 0. The average Bonchev–Trinajstić information content (AvgIpc) is 1.21. The second-order valence-corrected chi connectivity index (χ2v) is 3.08. The smallest absolute Gasteiger partial charge is 0.808 e. The van der Waals surface area contributed by atoms with Crippen LogP contribution in [0.15, 0.2) is 11.4 Å². The maximum Gasteiger partial charge on any atom is 1.00 e. The predicted molar refractivity (Wildman–Crippen MR) is 27.0 cm³/mol. The molecule has 3 nitrogen and oxygen atoms in total. The molecule has 0 spiro atoms. The Hall–Kier alpha value is 1.89. The van der Waals surface area contributed by atoms with Gasteiger partial charge in [0.05, 0.1) is 0 Å². The Morgan fingerprint density at radius 2 is 1.60 bits per heavy atom. The van der Waals surface area contributed by atoms with Crippen LogP contribution in [0.25, 0.3) is 0 Å². The Kier molecular flexibility index (Phi) is 13.4. The van der Waals surface area contributed by atoms with E-state index < -0.39 is 7.60 Å². The van der Waals surface area contributed by atoms with E-state index in [1.165, 1.54) is 0 Å². The van der Waals surface area contributed by atoms with Gasteiger partial charge in [-0.05, 0) is 21.4 Å². The number of hydrogen-bond acceptors (Lipinski definition) is 3. The second-order valence-electron chi connectivity index (χ2n) is 1.75. The summed E-state index contributed by atoms with van der Waals surface area (Å²) in [5.41, 5.74) is 0.512.